The van der Waals surface area contributed by atoms with Gasteiger partial charge in [-0.1, -0.05) is 24.3 Å². The Morgan fingerprint density at radius 3 is 2.50 bits per heavy atom. The van der Waals surface area contributed by atoms with Crippen molar-refractivity contribution in [1.29, 1.82) is 0 Å². The van der Waals surface area contributed by atoms with Crippen LogP contribution in [0.1, 0.15) is 47.3 Å². The van der Waals surface area contributed by atoms with E-state index in [1.54, 1.807) is 30.0 Å². The van der Waals surface area contributed by atoms with E-state index in [1.165, 1.54) is 7.05 Å². The fraction of sp³-hybridized carbons (Fsp3) is 0.440. The van der Waals surface area contributed by atoms with Crippen LogP contribution >= 0.6 is 0 Å². The SMILES string of the molecule is CCN1CCCc2cccc(c2)CC(C)(N)C(=O)OCc2cc(cc(N(C)S(C)(=O)=O)c2)C1=O. The number of ether oxygens (including phenoxy) is 1. The Bertz CT molecular complexity index is 1180. The highest BCUT2D eigenvalue weighted by Crippen LogP contribution is 2.24. The molecule has 0 fully saturated rings. The summed E-state index contributed by atoms with van der Waals surface area (Å²) in [6.45, 7) is 4.48. The fourth-order valence-corrected chi connectivity index (χ4v) is 4.51. The quantitative estimate of drug-likeness (QED) is 0.666. The number of fused-ring (bicyclic) bond motifs is 4. The molecule has 3 rings (SSSR count). The van der Waals surface area contributed by atoms with Gasteiger partial charge < -0.3 is 15.4 Å². The summed E-state index contributed by atoms with van der Waals surface area (Å²) in [4.78, 5) is 27.9. The van der Waals surface area contributed by atoms with Crippen molar-refractivity contribution in [3.8, 4) is 0 Å². The molecule has 0 spiro atoms. The van der Waals surface area contributed by atoms with Crippen LogP contribution in [0.4, 0.5) is 5.69 Å². The first-order chi connectivity index (χ1) is 15.9. The molecule has 0 saturated carbocycles. The maximum absolute atomic E-state index is 13.3. The largest absolute Gasteiger partial charge is 0.459 e. The second-order valence-corrected chi connectivity index (χ2v) is 11.1. The van der Waals surface area contributed by atoms with E-state index in [0.717, 1.165) is 34.5 Å². The van der Waals surface area contributed by atoms with Crippen LogP contribution in [-0.4, -0.2) is 57.1 Å². The standard InChI is InChI=1S/C25H33N3O5S/c1-5-28-11-7-10-18-8-6-9-19(12-18)16-25(2,26)24(30)33-17-20-13-21(23(28)29)15-22(14-20)27(3)34(4,31)32/h6,8-9,12-15H,5,7,10-11,16-17,26H2,1-4H3. The molecule has 0 radical (unpaired) electrons. The van der Waals surface area contributed by atoms with Gasteiger partial charge in [-0.15, -0.1) is 0 Å². The van der Waals surface area contributed by atoms with E-state index < -0.39 is 21.5 Å². The lowest BCUT2D eigenvalue weighted by Crippen LogP contribution is -2.48. The number of carbonyl (C=O) groups excluding carboxylic acids is 2. The Morgan fingerprint density at radius 2 is 1.82 bits per heavy atom. The second kappa shape index (κ2) is 10.1. The maximum Gasteiger partial charge on any atom is 0.326 e. The normalized spacial score (nSPS) is 20.1. The van der Waals surface area contributed by atoms with Gasteiger partial charge in [-0.2, -0.15) is 0 Å². The number of rotatable bonds is 3. The van der Waals surface area contributed by atoms with Crippen molar-refractivity contribution >= 4 is 27.6 Å². The number of sulfonamides is 1. The van der Waals surface area contributed by atoms with Crippen LogP contribution in [0.2, 0.25) is 0 Å². The van der Waals surface area contributed by atoms with Crippen molar-refractivity contribution in [3.05, 3.63) is 64.7 Å². The van der Waals surface area contributed by atoms with Crippen molar-refractivity contribution in [3.63, 3.8) is 0 Å². The summed E-state index contributed by atoms with van der Waals surface area (Å²) in [5.74, 6) is -0.779. The van der Waals surface area contributed by atoms with E-state index in [2.05, 4.69) is 0 Å². The Morgan fingerprint density at radius 1 is 1.12 bits per heavy atom. The number of cyclic esters (lactones) is 1. The van der Waals surface area contributed by atoms with E-state index in [9.17, 15) is 18.0 Å². The van der Waals surface area contributed by atoms with Crippen LogP contribution in [0.3, 0.4) is 0 Å². The number of amides is 1. The average Bonchev–Trinajstić information content (AvgIpc) is 2.78. The third kappa shape index (κ3) is 6.15. The molecule has 2 aromatic rings. The summed E-state index contributed by atoms with van der Waals surface area (Å²) in [7, 11) is -2.14. The number of carbonyl (C=O) groups is 2. The number of esters is 1. The molecule has 2 N–H and O–H groups in total. The van der Waals surface area contributed by atoms with Crippen molar-refractivity contribution in [1.82, 2.24) is 4.90 Å². The summed E-state index contributed by atoms with van der Waals surface area (Å²) in [5.41, 5.74) is 8.29. The predicted octanol–water partition coefficient (Wildman–Crippen LogP) is 2.49. The molecule has 2 aromatic carbocycles. The molecule has 184 valence electrons. The molecule has 0 aromatic heterocycles. The summed E-state index contributed by atoms with van der Waals surface area (Å²) in [6, 6.07) is 12.7. The second-order valence-electron chi connectivity index (χ2n) is 9.10. The minimum atomic E-state index is -3.56. The zero-order chi connectivity index (χ0) is 25.1. The van der Waals surface area contributed by atoms with Crippen LogP contribution in [-0.2, 0) is 39.0 Å². The lowest BCUT2D eigenvalue weighted by atomic mass is 9.92. The molecule has 1 aliphatic rings. The van der Waals surface area contributed by atoms with Crippen LogP contribution in [0.5, 0.6) is 0 Å². The summed E-state index contributed by atoms with van der Waals surface area (Å²) in [6.07, 6.45) is 2.94. The molecule has 4 bridgehead atoms. The number of hydrogen-bond donors (Lipinski definition) is 1. The zero-order valence-corrected chi connectivity index (χ0v) is 21.0. The van der Waals surface area contributed by atoms with Gasteiger partial charge in [0.15, 0.2) is 0 Å². The van der Waals surface area contributed by atoms with Crippen molar-refractivity contribution in [2.24, 2.45) is 5.73 Å². The van der Waals surface area contributed by atoms with Crippen LogP contribution in [0.15, 0.2) is 42.5 Å². The highest BCUT2D eigenvalue weighted by Gasteiger charge is 2.31. The molecule has 1 aliphatic heterocycles. The van der Waals surface area contributed by atoms with Gasteiger partial charge in [0.1, 0.15) is 12.1 Å². The molecule has 1 unspecified atom stereocenters. The van der Waals surface area contributed by atoms with E-state index in [1.807, 2.05) is 31.2 Å². The van der Waals surface area contributed by atoms with Crippen LogP contribution < -0.4 is 10.0 Å². The molecule has 0 aliphatic carbocycles. The van der Waals surface area contributed by atoms with Crippen LogP contribution in [0.25, 0.3) is 0 Å². The zero-order valence-electron chi connectivity index (χ0n) is 20.2. The first kappa shape index (κ1) is 25.7. The third-order valence-corrected chi connectivity index (χ3v) is 7.25. The first-order valence-corrected chi connectivity index (χ1v) is 13.2. The number of benzene rings is 2. The summed E-state index contributed by atoms with van der Waals surface area (Å²) >= 11 is 0. The number of aryl methyl sites for hydroxylation is 1. The Hall–Kier alpha value is -2.91. The van der Waals surface area contributed by atoms with E-state index in [0.29, 0.717) is 36.3 Å². The van der Waals surface area contributed by atoms with Gasteiger partial charge in [-0.3, -0.25) is 13.9 Å². The third-order valence-electron chi connectivity index (χ3n) is 6.05. The van der Waals surface area contributed by atoms with Gasteiger partial charge in [-0.25, -0.2) is 8.42 Å². The minimum absolute atomic E-state index is 0.135. The highest BCUT2D eigenvalue weighted by atomic mass is 32.2. The monoisotopic (exact) mass is 487 g/mol. The number of anilines is 1. The van der Waals surface area contributed by atoms with Gasteiger partial charge >= 0.3 is 5.97 Å². The smallest absolute Gasteiger partial charge is 0.326 e. The maximum atomic E-state index is 13.3. The lowest BCUT2D eigenvalue weighted by molar-refractivity contribution is -0.150. The number of nitrogens with two attached hydrogens (primary N) is 1. The summed E-state index contributed by atoms with van der Waals surface area (Å²) in [5, 5.41) is 0. The van der Waals surface area contributed by atoms with Crippen molar-refractivity contribution in [2.45, 2.75) is 45.3 Å². The molecule has 1 heterocycles. The van der Waals surface area contributed by atoms with E-state index >= 15 is 0 Å². The number of nitrogens with zero attached hydrogens (tertiary/aromatic N) is 2. The minimum Gasteiger partial charge on any atom is -0.459 e. The lowest BCUT2D eigenvalue weighted by Gasteiger charge is -2.25. The Kier molecular flexibility index (Phi) is 7.67. The molecule has 34 heavy (non-hydrogen) atoms. The van der Waals surface area contributed by atoms with Crippen molar-refractivity contribution in [2.75, 3.05) is 30.7 Å². The number of hydrogen-bond acceptors (Lipinski definition) is 6. The topological polar surface area (TPSA) is 110 Å². The molecule has 9 heteroatoms. The molecule has 0 saturated heterocycles. The molecule has 8 nitrogen and oxygen atoms in total. The molecule has 1 amide bonds. The first-order valence-electron chi connectivity index (χ1n) is 11.3. The van der Waals surface area contributed by atoms with Gasteiger partial charge in [-0.05, 0) is 61.6 Å². The summed E-state index contributed by atoms with van der Waals surface area (Å²) < 4.78 is 30.9. The Labute approximate surface area is 201 Å². The Balaban J connectivity index is 2.03. The predicted molar refractivity (Wildman–Crippen MR) is 132 cm³/mol. The van der Waals surface area contributed by atoms with Gasteiger partial charge in [0, 0.05) is 32.1 Å². The highest BCUT2D eigenvalue weighted by molar-refractivity contribution is 7.92. The molecular formula is C25H33N3O5S. The van der Waals surface area contributed by atoms with Crippen molar-refractivity contribution < 1.29 is 22.7 Å². The van der Waals surface area contributed by atoms with E-state index in [4.69, 9.17) is 10.5 Å². The van der Waals surface area contributed by atoms with Gasteiger partial charge in [0.2, 0.25) is 10.0 Å². The average molecular weight is 488 g/mol. The molecule has 1 atom stereocenters. The molecular weight excluding hydrogens is 454 g/mol. The van der Waals surface area contributed by atoms with Gasteiger partial charge in [0.25, 0.3) is 5.91 Å². The van der Waals surface area contributed by atoms with E-state index in [-0.39, 0.29) is 12.5 Å². The fourth-order valence-electron chi connectivity index (χ4n) is 4.02. The van der Waals surface area contributed by atoms with Gasteiger partial charge in [0.05, 0.1) is 11.9 Å². The van der Waals surface area contributed by atoms with Crippen LogP contribution in [0, 0.1) is 0 Å².